The number of ketones is 2. The van der Waals surface area contributed by atoms with Crippen molar-refractivity contribution in [3.05, 3.63) is 58.5 Å². The molecule has 1 aliphatic carbocycles. The minimum atomic E-state index is -0.995. The molecule has 9 heteroatoms. The van der Waals surface area contributed by atoms with Gasteiger partial charge in [-0.3, -0.25) is 9.59 Å². The van der Waals surface area contributed by atoms with Crippen LogP contribution in [0.4, 0.5) is 4.79 Å². The number of nitrogens with two attached hydrogens (primary N) is 1. The van der Waals surface area contributed by atoms with E-state index in [-0.39, 0.29) is 53.8 Å². The number of primary amides is 1. The number of nitrogens with one attached hydrogen (secondary N) is 1. The predicted molar refractivity (Wildman–Crippen MR) is 107 cm³/mol. The molecule has 3 aliphatic heterocycles. The second kappa shape index (κ2) is 6.93. The zero-order chi connectivity index (χ0) is 21.9. The summed E-state index contributed by atoms with van der Waals surface area (Å²) in [5.41, 5.74) is 5.90. The standard InChI is InChI=1S/C22H23N3O6/c1-11-17(26)16-15(18(27)19(11)30-9-12-6-4-3-5-7-12)13(10-31-21(23)28)22(29-2)20-14(24-20)8-25(16)22/h3-7,13-14,20,24H,8-10H2,1-2H3,(H2,23,28)/t13-,14+,20+,22-/m1/s1. The molecule has 3 N–H and O–H groups in total. The first-order valence-corrected chi connectivity index (χ1v) is 10.1. The number of hydrogen-bond donors (Lipinski definition) is 2. The third kappa shape index (κ3) is 2.73. The van der Waals surface area contributed by atoms with Gasteiger partial charge in [0.15, 0.2) is 11.5 Å². The van der Waals surface area contributed by atoms with Crippen LogP contribution < -0.4 is 11.1 Å². The van der Waals surface area contributed by atoms with Crippen LogP contribution in [0.15, 0.2) is 52.9 Å². The van der Waals surface area contributed by atoms with Gasteiger partial charge in [-0.1, -0.05) is 30.3 Å². The summed E-state index contributed by atoms with van der Waals surface area (Å²) in [5, 5.41) is 3.32. The van der Waals surface area contributed by atoms with Crippen LogP contribution in [-0.2, 0) is 30.4 Å². The van der Waals surface area contributed by atoms with E-state index in [2.05, 4.69) is 5.32 Å². The summed E-state index contributed by atoms with van der Waals surface area (Å²) in [6, 6.07) is 9.45. The van der Waals surface area contributed by atoms with Crippen molar-refractivity contribution >= 4 is 17.7 Å². The number of rotatable bonds is 6. The van der Waals surface area contributed by atoms with E-state index in [1.54, 1.807) is 6.92 Å². The highest BCUT2D eigenvalue weighted by Gasteiger charge is 2.72. The van der Waals surface area contributed by atoms with Gasteiger partial charge in [-0.15, -0.1) is 0 Å². The van der Waals surface area contributed by atoms with Crippen molar-refractivity contribution in [1.82, 2.24) is 10.2 Å². The Labute approximate surface area is 178 Å². The van der Waals surface area contributed by atoms with E-state index in [4.69, 9.17) is 19.9 Å². The molecule has 31 heavy (non-hydrogen) atoms. The van der Waals surface area contributed by atoms with Gasteiger partial charge in [-0.2, -0.15) is 0 Å². The quantitative estimate of drug-likeness (QED) is 0.501. The van der Waals surface area contributed by atoms with Gasteiger partial charge in [0.1, 0.15) is 13.2 Å². The Balaban J connectivity index is 1.51. The lowest BCUT2D eigenvalue weighted by Crippen LogP contribution is -2.55. The number of amides is 1. The number of Topliss-reactive ketones (excluding diaryl/α,β-unsaturated/α-hetero) is 2. The number of ether oxygens (including phenoxy) is 3. The Bertz CT molecular complexity index is 1050. The molecule has 0 bridgehead atoms. The highest BCUT2D eigenvalue weighted by Crippen LogP contribution is 2.55. The number of carbonyl (C=O) groups excluding carboxylic acids is 3. The first-order valence-electron chi connectivity index (χ1n) is 10.1. The Morgan fingerprint density at radius 2 is 2.00 bits per heavy atom. The smallest absolute Gasteiger partial charge is 0.404 e. The van der Waals surface area contributed by atoms with Crippen molar-refractivity contribution in [1.29, 1.82) is 0 Å². The zero-order valence-corrected chi connectivity index (χ0v) is 17.2. The molecule has 0 spiro atoms. The van der Waals surface area contributed by atoms with E-state index in [1.165, 1.54) is 7.11 Å². The molecule has 1 aromatic rings. The molecule has 2 fully saturated rings. The van der Waals surface area contributed by atoms with E-state index in [1.807, 2.05) is 35.2 Å². The van der Waals surface area contributed by atoms with Gasteiger partial charge in [-0.25, -0.2) is 4.79 Å². The largest absolute Gasteiger partial charge is 0.484 e. The lowest BCUT2D eigenvalue weighted by molar-refractivity contribution is -0.137. The topological polar surface area (TPSA) is 130 Å². The minimum Gasteiger partial charge on any atom is -0.484 e. The number of carbonyl (C=O) groups is 3. The first-order chi connectivity index (χ1) is 14.9. The fraction of sp³-hybridized carbons (Fsp3) is 0.409. The molecule has 4 atom stereocenters. The number of hydrogen-bond acceptors (Lipinski definition) is 8. The molecule has 0 radical (unpaired) electrons. The molecular weight excluding hydrogens is 402 g/mol. The molecule has 0 unspecified atom stereocenters. The van der Waals surface area contributed by atoms with Crippen LogP contribution in [0.1, 0.15) is 12.5 Å². The van der Waals surface area contributed by atoms with Crippen molar-refractivity contribution in [3.8, 4) is 0 Å². The van der Waals surface area contributed by atoms with Crippen LogP contribution in [0, 0.1) is 5.92 Å². The average Bonchev–Trinajstić information content (AvgIpc) is 3.37. The van der Waals surface area contributed by atoms with E-state index >= 15 is 0 Å². The second-order valence-electron chi connectivity index (χ2n) is 8.15. The van der Waals surface area contributed by atoms with E-state index < -0.39 is 17.7 Å². The third-order valence-electron chi connectivity index (χ3n) is 6.60. The number of nitrogens with zero attached hydrogens (tertiary/aromatic N) is 1. The molecule has 4 aliphatic rings. The van der Waals surface area contributed by atoms with E-state index in [9.17, 15) is 14.4 Å². The Morgan fingerprint density at radius 1 is 1.26 bits per heavy atom. The third-order valence-corrected chi connectivity index (χ3v) is 6.60. The van der Waals surface area contributed by atoms with E-state index in [0.29, 0.717) is 12.2 Å². The summed E-state index contributed by atoms with van der Waals surface area (Å²) in [4.78, 5) is 40.2. The Kier molecular flexibility index (Phi) is 4.42. The predicted octanol–water partition coefficient (Wildman–Crippen LogP) is 0.607. The molecule has 0 aromatic heterocycles. The molecule has 1 amide bonds. The van der Waals surface area contributed by atoms with Crippen molar-refractivity contribution < 1.29 is 28.6 Å². The SMILES string of the molecule is CO[C@@]12[C@H](COC(N)=O)C3=C(C(=O)C(C)=C(OCc4ccccc4)C3=O)N1C[C@@H]1N[C@@H]12. The summed E-state index contributed by atoms with van der Waals surface area (Å²) in [6.45, 7) is 2.11. The lowest BCUT2D eigenvalue weighted by Gasteiger charge is -2.39. The van der Waals surface area contributed by atoms with E-state index in [0.717, 1.165) is 5.56 Å². The van der Waals surface area contributed by atoms with Crippen molar-refractivity contribution in [2.24, 2.45) is 11.7 Å². The summed E-state index contributed by atoms with van der Waals surface area (Å²) in [6.07, 6.45) is -0.952. The van der Waals surface area contributed by atoms with Crippen molar-refractivity contribution in [2.45, 2.75) is 31.3 Å². The normalized spacial score (nSPS) is 30.9. The molecule has 162 valence electrons. The van der Waals surface area contributed by atoms with Gasteiger partial charge < -0.3 is 30.2 Å². The Morgan fingerprint density at radius 3 is 2.68 bits per heavy atom. The average molecular weight is 425 g/mol. The maximum atomic E-state index is 13.6. The van der Waals surface area contributed by atoms with Gasteiger partial charge in [0.2, 0.25) is 11.6 Å². The van der Waals surface area contributed by atoms with Crippen LogP contribution in [0.3, 0.4) is 0 Å². The number of piperazine rings is 1. The second-order valence-corrected chi connectivity index (χ2v) is 8.15. The zero-order valence-electron chi connectivity index (χ0n) is 17.2. The monoisotopic (exact) mass is 425 g/mol. The maximum absolute atomic E-state index is 13.6. The fourth-order valence-electron chi connectivity index (χ4n) is 5.17. The van der Waals surface area contributed by atoms with Crippen LogP contribution in [0.25, 0.3) is 0 Å². The summed E-state index contributed by atoms with van der Waals surface area (Å²) in [5.74, 6) is -1.32. The molecule has 5 rings (SSSR count). The van der Waals surface area contributed by atoms with Crippen molar-refractivity contribution in [3.63, 3.8) is 0 Å². The van der Waals surface area contributed by atoms with Gasteiger partial charge in [-0.05, 0) is 12.5 Å². The van der Waals surface area contributed by atoms with Gasteiger partial charge in [0.05, 0.1) is 17.7 Å². The molecule has 1 aromatic carbocycles. The summed E-state index contributed by atoms with van der Waals surface area (Å²) < 4.78 is 16.9. The number of methoxy groups -OCH3 is 1. The number of benzene rings is 1. The van der Waals surface area contributed by atoms with Crippen molar-refractivity contribution in [2.75, 3.05) is 20.3 Å². The van der Waals surface area contributed by atoms with Crippen LogP contribution in [0.2, 0.25) is 0 Å². The molecule has 2 saturated heterocycles. The number of fused-ring (bicyclic) bond motifs is 4. The highest BCUT2D eigenvalue weighted by atomic mass is 16.6. The van der Waals surface area contributed by atoms with Gasteiger partial charge in [0, 0.05) is 30.8 Å². The van der Waals surface area contributed by atoms with Crippen LogP contribution >= 0.6 is 0 Å². The van der Waals surface area contributed by atoms with Gasteiger partial charge >= 0.3 is 6.09 Å². The Hall–Kier alpha value is -3.17. The molecule has 9 nitrogen and oxygen atoms in total. The first kappa shape index (κ1) is 19.8. The lowest BCUT2D eigenvalue weighted by atomic mass is 9.83. The summed E-state index contributed by atoms with van der Waals surface area (Å²) >= 11 is 0. The highest BCUT2D eigenvalue weighted by molar-refractivity contribution is 6.25. The molecule has 0 saturated carbocycles. The minimum absolute atomic E-state index is 0.0180. The summed E-state index contributed by atoms with van der Waals surface area (Å²) in [7, 11) is 1.53. The fourth-order valence-corrected chi connectivity index (χ4v) is 5.17. The van der Waals surface area contributed by atoms with Gasteiger partial charge in [0.25, 0.3) is 0 Å². The van der Waals surface area contributed by atoms with Crippen LogP contribution in [-0.4, -0.2) is 60.6 Å². The maximum Gasteiger partial charge on any atom is 0.404 e. The molecule has 3 heterocycles. The molecular formula is C22H23N3O6. The van der Waals surface area contributed by atoms with Crippen LogP contribution in [0.5, 0.6) is 0 Å². The number of allylic oxidation sites excluding steroid dienone is 2.